The fourth-order valence-corrected chi connectivity index (χ4v) is 4.15. The molecule has 1 aromatic carbocycles. The van der Waals surface area contributed by atoms with Gasteiger partial charge in [0.1, 0.15) is 10.7 Å². The third kappa shape index (κ3) is 3.68. The van der Waals surface area contributed by atoms with E-state index < -0.39 is 0 Å². The maximum absolute atomic E-state index is 13.2. The highest BCUT2D eigenvalue weighted by atomic mass is 35.5. The van der Waals surface area contributed by atoms with Gasteiger partial charge in [0.15, 0.2) is 0 Å². The largest absolute Gasteiger partial charge is 0.336 e. The molecule has 0 radical (unpaired) electrons. The monoisotopic (exact) mass is 413 g/mol. The summed E-state index contributed by atoms with van der Waals surface area (Å²) < 4.78 is 5.41. The lowest BCUT2D eigenvalue weighted by Gasteiger charge is -2.23. The maximum atomic E-state index is 13.2. The summed E-state index contributed by atoms with van der Waals surface area (Å²) >= 11 is 7.73. The summed E-state index contributed by atoms with van der Waals surface area (Å²) in [6.07, 6.45) is 0.325. The van der Waals surface area contributed by atoms with Gasteiger partial charge in [-0.2, -0.15) is 5.26 Å². The fraction of sp³-hybridized carbons (Fsp3) is 0.286. The molecule has 7 heteroatoms. The SMILES string of the molecule is Cc1cc(C)c(CN(C(=O)c2cccs2)c2onc(C)c2Cl)c(C)c1CC#N. The lowest BCUT2D eigenvalue weighted by atomic mass is 9.91. The Morgan fingerprint density at radius 2 is 2.00 bits per heavy atom. The lowest BCUT2D eigenvalue weighted by molar-refractivity contribution is 0.0983. The number of aryl methyl sites for hydroxylation is 3. The van der Waals surface area contributed by atoms with Crippen molar-refractivity contribution in [3.8, 4) is 6.07 Å². The number of thiophene rings is 1. The molecule has 2 heterocycles. The van der Waals surface area contributed by atoms with Crippen LogP contribution in [0.25, 0.3) is 0 Å². The Morgan fingerprint density at radius 1 is 1.29 bits per heavy atom. The Kier molecular flexibility index (Phi) is 5.87. The predicted octanol–water partition coefficient (Wildman–Crippen LogP) is 5.54. The zero-order chi connectivity index (χ0) is 20.4. The van der Waals surface area contributed by atoms with E-state index >= 15 is 0 Å². The van der Waals surface area contributed by atoms with Crippen molar-refractivity contribution in [2.24, 2.45) is 0 Å². The number of amides is 1. The lowest BCUT2D eigenvalue weighted by Crippen LogP contribution is -2.30. The van der Waals surface area contributed by atoms with Crippen LogP contribution in [0.1, 0.15) is 43.2 Å². The standard InChI is InChI=1S/C21H20ClN3O2S/c1-12-10-13(2)17(14(3)16(12)7-8-23)11-25(20(26)18-6-5-9-28-18)21-19(22)15(4)24-27-21/h5-6,9-10H,7,11H2,1-4H3. The Labute approximate surface area is 173 Å². The average Bonchev–Trinajstić information content (AvgIpc) is 3.30. The van der Waals surface area contributed by atoms with Gasteiger partial charge in [-0.25, -0.2) is 0 Å². The molecule has 0 atom stereocenters. The molecule has 1 amide bonds. The molecule has 3 rings (SSSR count). The van der Waals surface area contributed by atoms with E-state index in [9.17, 15) is 10.1 Å². The van der Waals surface area contributed by atoms with Crippen molar-refractivity contribution in [2.75, 3.05) is 4.90 Å². The highest BCUT2D eigenvalue weighted by Crippen LogP contribution is 2.33. The number of carbonyl (C=O) groups excluding carboxylic acids is 1. The van der Waals surface area contributed by atoms with Gasteiger partial charge in [0, 0.05) is 0 Å². The maximum Gasteiger partial charge on any atom is 0.271 e. The second-order valence-electron chi connectivity index (χ2n) is 6.68. The molecule has 0 fully saturated rings. The minimum Gasteiger partial charge on any atom is -0.336 e. The second kappa shape index (κ2) is 8.17. The molecule has 5 nitrogen and oxygen atoms in total. The van der Waals surface area contributed by atoms with Gasteiger partial charge in [0.05, 0.1) is 23.9 Å². The van der Waals surface area contributed by atoms with E-state index in [1.54, 1.807) is 13.0 Å². The summed E-state index contributed by atoms with van der Waals surface area (Å²) in [6, 6.07) is 7.88. The van der Waals surface area contributed by atoms with Crippen LogP contribution in [0.3, 0.4) is 0 Å². The number of nitrogens with zero attached hydrogens (tertiary/aromatic N) is 3. The van der Waals surface area contributed by atoms with Gasteiger partial charge >= 0.3 is 0 Å². The first-order valence-corrected chi connectivity index (χ1v) is 10.0. The van der Waals surface area contributed by atoms with Crippen LogP contribution in [0.5, 0.6) is 0 Å². The van der Waals surface area contributed by atoms with Crippen molar-refractivity contribution in [3.05, 3.63) is 67.0 Å². The molecule has 3 aromatic rings. The molecule has 0 saturated carbocycles. The Morgan fingerprint density at radius 3 is 2.57 bits per heavy atom. The number of hydrogen-bond donors (Lipinski definition) is 0. The molecule has 2 aromatic heterocycles. The first-order valence-electron chi connectivity index (χ1n) is 8.77. The molecular weight excluding hydrogens is 394 g/mol. The molecular formula is C21H20ClN3O2S. The molecule has 0 aliphatic heterocycles. The zero-order valence-electron chi connectivity index (χ0n) is 16.2. The summed E-state index contributed by atoms with van der Waals surface area (Å²) in [5.41, 5.74) is 5.63. The van der Waals surface area contributed by atoms with E-state index in [2.05, 4.69) is 17.3 Å². The van der Waals surface area contributed by atoms with Crippen LogP contribution in [0, 0.1) is 39.0 Å². The average molecular weight is 414 g/mol. The van der Waals surface area contributed by atoms with Gasteiger partial charge in [-0.05, 0) is 67.0 Å². The van der Waals surface area contributed by atoms with Crippen LogP contribution < -0.4 is 4.90 Å². The van der Waals surface area contributed by atoms with E-state index in [4.69, 9.17) is 16.1 Å². The van der Waals surface area contributed by atoms with E-state index in [1.165, 1.54) is 16.2 Å². The molecule has 0 N–H and O–H groups in total. The molecule has 0 unspecified atom stereocenters. The van der Waals surface area contributed by atoms with Crippen molar-refractivity contribution in [2.45, 2.75) is 40.7 Å². The van der Waals surface area contributed by atoms with Crippen LogP contribution in [-0.4, -0.2) is 11.1 Å². The molecule has 0 aliphatic rings. The molecule has 144 valence electrons. The van der Waals surface area contributed by atoms with Gasteiger partial charge in [-0.3, -0.25) is 9.69 Å². The van der Waals surface area contributed by atoms with Crippen LogP contribution in [0.4, 0.5) is 5.88 Å². The van der Waals surface area contributed by atoms with Crippen molar-refractivity contribution in [1.82, 2.24) is 5.16 Å². The quantitative estimate of drug-likeness (QED) is 0.550. The molecule has 28 heavy (non-hydrogen) atoms. The van der Waals surface area contributed by atoms with E-state index in [-0.39, 0.29) is 18.3 Å². The molecule has 0 bridgehead atoms. The van der Waals surface area contributed by atoms with Gasteiger partial charge in [0.2, 0.25) is 0 Å². The summed E-state index contributed by atoms with van der Waals surface area (Å²) in [5, 5.41) is 15.3. The minimum atomic E-state index is -0.200. The number of anilines is 1. The van der Waals surface area contributed by atoms with Crippen molar-refractivity contribution in [1.29, 1.82) is 5.26 Å². The second-order valence-corrected chi connectivity index (χ2v) is 8.01. The Hall–Kier alpha value is -2.62. The van der Waals surface area contributed by atoms with Crippen LogP contribution in [0.2, 0.25) is 5.02 Å². The van der Waals surface area contributed by atoms with E-state index in [0.29, 0.717) is 22.0 Å². The van der Waals surface area contributed by atoms with Gasteiger partial charge < -0.3 is 4.52 Å². The summed E-state index contributed by atoms with van der Waals surface area (Å²) in [5.74, 6) is 0.0352. The number of hydrogen-bond acceptors (Lipinski definition) is 5. The van der Waals surface area contributed by atoms with Crippen LogP contribution in [-0.2, 0) is 13.0 Å². The number of carbonyl (C=O) groups is 1. The minimum absolute atomic E-state index is 0.200. The van der Waals surface area contributed by atoms with E-state index in [1.807, 2.05) is 32.2 Å². The van der Waals surface area contributed by atoms with Gasteiger partial charge in [-0.1, -0.05) is 28.9 Å². The fourth-order valence-electron chi connectivity index (χ4n) is 3.31. The van der Waals surface area contributed by atoms with Gasteiger partial charge in [0.25, 0.3) is 11.8 Å². The third-order valence-corrected chi connectivity index (χ3v) is 6.15. The summed E-state index contributed by atoms with van der Waals surface area (Å²) in [7, 11) is 0. The first-order chi connectivity index (χ1) is 13.3. The smallest absolute Gasteiger partial charge is 0.271 e. The number of aromatic nitrogens is 1. The van der Waals surface area contributed by atoms with E-state index in [0.717, 1.165) is 27.8 Å². The number of halogens is 1. The Bertz CT molecular complexity index is 1060. The highest BCUT2D eigenvalue weighted by molar-refractivity contribution is 7.12. The topological polar surface area (TPSA) is 70.1 Å². The van der Waals surface area contributed by atoms with Crippen LogP contribution >= 0.6 is 22.9 Å². The zero-order valence-corrected chi connectivity index (χ0v) is 17.7. The highest BCUT2D eigenvalue weighted by Gasteiger charge is 2.27. The van der Waals surface area contributed by atoms with Crippen molar-refractivity contribution >= 4 is 34.7 Å². The molecule has 0 saturated heterocycles. The third-order valence-electron chi connectivity index (χ3n) is 4.86. The first kappa shape index (κ1) is 20.1. The Balaban J connectivity index is 2.11. The van der Waals surface area contributed by atoms with Crippen molar-refractivity contribution < 1.29 is 9.32 Å². The van der Waals surface area contributed by atoms with Crippen molar-refractivity contribution in [3.63, 3.8) is 0 Å². The predicted molar refractivity (Wildman–Crippen MR) is 111 cm³/mol. The number of benzene rings is 1. The number of rotatable bonds is 5. The molecule has 0 spiro atoms. The number of nitriles is 1. The van der Waals surface area contributed by atoms with Crippen LogP contribution in [0.15, 0.2) is 28.1 Å². The summed E-state index contributed by atoms with van der Waals surface area (Å²) in [4.78, 5) is 15.3. The molecule has 0 aliphatic carbocycles. The van der Waals surface area contributed by atoms with Gasteiger partial charge in [-0.15, -0.1) is 11.3 Å². The summed E-state index contributed by atoms with van der Waals surface area (Å²) in [6.45, 7) is 8.01. The normalized spacial score (nSPS) is 10.7.